The average Bonchev–Trinajstić information content (AvgIpc) is 2.19. The lowest BCUT2D eigenvalue weighted by molar-refractivity contribution is -0.137. The fourth-order valence-electron chi connectivity index (χ4n) is 1.28. The van der Waals surface area contributed by atoms with E-state index in [9.17, 15) is 9.59 Å². The smallest absolute Gasteiger partial charge is 0.308 e. The molecule has 1 N–H and O–H groups in total. The minimum absolute atomic E-state index is 0.167. The van der Waals surface area contributed by atoms with Crippen LogP contribution in [0.3, 0.4) is 0 Å². The summed E-state index contributed by atoms with van der Waals surface area (Å²) in [4.78, 5) is 21.5. The molecule has 16 heavy (non-hydrogen) atoms. The van der Waals surface area contributed by atoms with Gasteiger partial charge in [-0.05, 0) is 6.07 Å². The molecule has 0 amide bonds. The first kappa shape index (κ1) is 12.0. The first-order valence-corrected chi connectivity index (χ1v) is 4.60. The third kappa shape index (κ3) is 2.98. The largest absolute Gasteiger partial charge is 0.493 e. The van der Waals surface area contributed by atoms with Crippen molar-refractivity contribution in [2.24, 2.45) is 0 Å². The highest BCUT2D eigenvalue weighted by atomic mass is 16.6. The van der Waals surface area contributed by atoms with Crippen molar-refractivity contribution in [1.82, 2.24) is 0 Å². The second kappa shape index (κ2) is 5.16. The van der Waals surface area contributed by atoms with Gasteiger partial charge in [-0.3, -0.25) is 9.59 Å². The van der Waals surface area contributed by atoms with E-state index in [1.165, 1.54) is 14.0 Å². The van der Waals surface area contributed by atoms with E-state index in [1.54, 1.807) is 18.2 Å². The number of carboxylic acid groups (broad SMARTS) is 1. The van der Waals surface area contributed by atoms with Crippen molar-refractivity contribution in [2.45, 2.75) is 13.3 Å². The predicted octanol–water partition coefficient (Wildman–Crippen LogP) is 1.25. The third-order valence-electron chi connectivity index (χ3n) is 1.87. The standard InChI is InChI=1S/C11H12O5/c1-7(12)16-11-8(6-10(13)14)4-3-5-9(11)15-2/h3-5H,6H2,1-2H3,(H,13,14). The maximum Gasteiger partial charge on any atom is 0.308 e. The summed E-state index contributed by atoms with van der Waals surface area (Å²) in [5.41, 5.74) is 0.405. The number of rotatable bonds is 4. The molecule has 0 bridgehead atoms. The summed E-state index contributed by atoms with van der Waals surface area (Å²) in [5, 5.41) is 8.71. The highest BCUT2D eigenvalue weighted by Crippen LogP contribution is 2.31. The molecule has 0 saturated carbocycles. The van der Waals surface area contributed by atoms with Crippen molar-refractivity contribution in [3.05, 3.63) is 23.8 Å². The summed E-state index contributed by atoms with van der Waals surface area (Å²) in [6.07, 6.45) is -0.222. The number of esters is 1. The SMILES string of the molecule is COc1cccc(CC(=O)O)c1OC(C)=O. The average molecular weight is 224 g/mol. The molecule has 1 aromatic rings. The number of ether oxygens (including phenoxy) is 2. The van der Waals surface area contributed by atoms with Crippen LogP contribution in [-0.4, -0.2) is 24.2 Å². The van der Waals surface area contributed by atoms with E-state index in [2.05, 4.69) is 0 Å². The van der Waals surface area contributed by atoms with Gasteiger partial charge in [0.25, 0.3) is 0 Å². The van der Waals surface area contributed by atoms with Crippen molar-refractivity contribution in [3.63, 3.8) is 0 Å². The monoisotopic (exact) mass is 224 g/mol. The summed E-state index contributed by atoms with van der Waals surface area (Å²) < 4.78 is 9.94. The Morgan fingerprint density at radius 2 is 2.06 bits per heavy atom. The van der Waals surface area contributed by atoms with Gasteiger partial charge < -0.3 is 14.6 Å². The number of benzene rings is 1. The number of aliphatic carboxylic acids is 1. The Kier molecular flexibility index (Phi) is 3.88. The van der Waals surface area contributed by atoms with E-state index < -0.39 is 11.9 Å². The number of carbonyl (C=O) groups is 2. The summed E-state index contributed by atoms with van der Waals surface area (Å²) in [6.45, 7) is 1.25. The van der Waals surface area contributed by atoms with Crippen LogP contribution in [0.2, 0.25) is 0 Å². The summed E-state index contributed by atoms with van der Waals surface area (Å²) in [6, 6.07) is 4.82. The molecule has 0 fully saturated rings. The molecule has 5 heteroatoms. The molecule has 86 valence electrons. The van der Waals surface area contributed by atoms with Crippen LogP contribution < -0.4 is 9.47 Å². The zero-order valence-corrected chi connectivity index (χ0v) is 9.02. The Labute approximate surface area is 92.6 Å². The van der Waals surface area contributed by atoms with Gasteiger partial charge in [0.1, 0.15) is 0 Å². The van der Waals surface area contributed by atoms with Crippen LogP contribution in [0.5, 0.6) is 11.5 Å². The lowest BCUT2D eigenvalue weighted by Crippen LogP contribution is -2.08. The number of hydrogen-bond acceptors (Lipinski definition) is 4. The Morgan fingerprint density at radius 3 is 2.56 bits per heavy atom. The Bertz CT molecular complexity index is 411. The number of methoxy groups -OCH3 is 1. The van der Waals surface area contributed by atoms with E-state index in [0.29, 0.717) is 11.3 Å². The zero-order chi connectivity index (χ0) is 12.1. The van der Waals surface area contributed by atoms with Crippen molar-refractivity contribution in [1.29, 1.82) is 0 Å². The predicted molar refractivity (Wildman–Crippen MR) is 55.6 cm³/mol. The van der Waals surface area contributed by atoms with Crippen molar-refractivity contribution in [3.8, 4) is 11.5 Å². The van der Waals surface area contributed by atoms with Crippen LogP contribution in [0.15, 0.2) is 18.2 Å². The minimum atomic E-state index is -0.998. The molecule has 5 nitrogen and oxygen atoms in total. The molecule has 0 aromatic heterocycles. The van der Waals surface area contributed by atoms with Crippen molar-refractivity contribution < 1.29 is 24.2 Å². The molecule has 0 unspecified atom stereocenters. The lowest BCUT2D eigenvalue weighted by Gasteiger charge is -2.11. The molecule has 0 radical (unpaired) electrons. The molecular weight excluding hydrogens is 212 g/mol. The van der Waals surface area contributed by atoms with Crippen molar-refractivity contribution in [2.75, 3.05) is 7.11 Å². The molecule has 0 saturated heterocycles. The quantitative estimate of drug-likeness (QED) is 0.615. The molecule has 0 spiro atoms. The second-order valence-electron chi connectivity index (χ2n) is 3.11. The van der Waals surface area contributed by atoms with Gasteiger partial charge in [0.05, 0.1) is 13.5 Å². The van der Waals surface area contributed by atoms with E-state index in [1.807, 2.05) is 0 Å². The molecule has 0 heterocycles. The van der Waals surface area contributed by atoms with Gasteiger partial charge in [0.15, 0.2) is 11.5 Å². The van der Waals surface area contributed by atoms with Gasteiger partial charge in [-0.2, -0.15) is 0 Å². The van der Waals surface area contributed by atoms with Gasteiger partial charge in [-0.1, -0.05) is 12.1 Å². The number of para-hydroxylation sites is 1. The van der Waals surface area contributed by atoms with Crippen LogP contribution in [0.1, 0.15) is 12.5 Å². The Balaban J connectivity index is 3.14. The number of carbonyl (C=O) groups excluding carboxylic acids is 1. The number of carboxylic acids is 1. The van der Waals surface area contributed by atoms with Gasteiger partial charge in [-0.25, -0.2) is 0 Å². The van der Waals surface area contributed by atoms with Crippen LogP contribution in [0.25, 0.3) is 0 Å². The van der Waals surface area contributed by atoms with Gasteiger partial charge >= 0.3 is 11.9 Å². The van der Waals surface area contributed by atoms with Gasteiger partial charge in [0, 0.05) is 12.5 Å². The first-order chi connectivity index (χ1) is 7.54. The zero-order valence-electron chi connectivity index (χ0n) is 9.02. The summed E-state index contributed by atoms with van der Waals surface area (Å²) >= 11 is 0. The maximum absolute atomic E-state index is 10.9. The van der Waals surface area contributed by atoms with Crippen molar-refractivity contribution >= 4 is 11.9 Å². The Morgan fingerprint density at radius 1 is 1.38 bits per heavy atom. The lowest BCUT2D eigenvalue weighted by atomic mass is 10.1. The topological polar surface area (TPSA) is 72.8 Å². The Hall–Kier alpha value is -2.04. The molecule has 0 aliphatic heterocycles. The molecule has 1 aromatic carbocycles. The third-order valence-corrected chi connectivity index (χ3v) is 1.87. The molecule has 0 atom stereocenters. The highest BCUT2D eigenvalue weighted by molar-refractivity contribution is 5.75. The van der Waals surface area contributed by atoms with E-state index >= 15 is 0 Å². The second-order valence-corrected chi connectivity index (χ2v) is 3.11. The summed E-state index contributed by atoms with van der Waals surface area (Å²) in [7, 11) is 1.42. The fraction of sp³-hybridized carbons (Fsp3) is 0.273. The summed E-state index contributed by atoms with van der Waals surface area (Å²) in [5.74, 6) is -1.01. The van der Waals surface area contributed by atoms with Crippen LogP contribution in [0, 0.1) is 0 Å². The maximum atomic E-state index is 10.9. The van der Waals surface area contributed by atoms with E-state index in [4.69, 9.17) is 14.6 Å². The van der Waals surface area contributed by atoms with Gasteiger partial charge in [-0.15, -0.1) is 0 Å². The van der Waals surface area contributed by atoms with E-state index in [-0.39, 0.29) is 12.2 Å². The van der Waals surface area contributed by atoms with Crippen LogP contribution in [0.4, 0.5) is 0 Å². The fourth-order valence-corrected chi connectivity index (χ4v) is 1.28. The molecule has 0 aliphatic rings. The molecule has 0 aliphatic carbocycles. The molecular formula is C11H12O5. The normalized spacial score (nSPS) is 9.62. The van der Waals surface area contributed by atoms with Gasteiger partial charge in [0.2, 0.25) is 0 Å². The molecule has 1 rings (SSSR count). The van der Waals surface area contributed by atoms with Crippen LogP contribution in [-0.2, 0) is 16.0 Å². The first-order valence-electron chi connectivity index (χ1n) is 4.60. The van der Waals surface area contributed by atoms with E-state index in [0.717, 1.165) is 0 Å². The minimum Gasteiger partial charge on any atom is -0.493 e. The number of hydrogen-bond donors (Lipinski definition) is 1. The van der Waals surface area contributed by atoms with Crippen LogP contribution >= 0.6 is 0 Å². The highest BCUT2D eigenvalue weighted by Gasteiger charge is 2.14.